The molecule has 2 heteroatoms. The molecule has 0 atom stereocenters. The molecule has 1 aromatic heterocycles. The summed E-state index contributed by atoms with van der Waals surface area (Å²) < 4.78 is 2.45. The van der Waals surface area contributed by atoms with E-state index in [-0.39, 0.29) is 0 Å². The number of aromatic nitrogens is 1. The van der Waals surface area contributed by atoms with E-state index in [4.69, 9.17) is 0 Å². The Hall–Kier alpha value is -1.28. The summed E-state index contributed by atoms with van der Waals surface area (Å²) in [4.78, 5) is 0. The second-order valence-corrected chi connectivity index (χ2v) is 5.15. The van der Waals surface area contributed by atoms with Gasteiger partial charge < -0.3 is 9.88 Å². The van der Waals surface area contributed by atoms with Gasteiger partial charge in [0.2, 0.25) is 0 Å². The summed E-state index contributed by atoms with van der Waals surface area (Å²) in [6, 6.07) is 8.75. The standard InChI is InChI=1S/C15H20N2/c1-16-9-13-11-17(10-12-5-4-6-12)15-8-3-2-7-14(13)15/h2-3,7-8,11-12,16H,4-6,9-10H2,1H3. The van der Waals surface area contributed by atoms with Gasteiger partial charge in [0.1, 0.15) is 0 Å². The van der Waals surface area contributed by atoms with Crippen molar-refractivity contribution < 1.29 is 0 Å². The first-order valence-corrected chi connectivity index (χ1v) is 6.60. The van der Waals surface area contributed by atoms with Crippen LogP contribution in [0, 0.1) is 5.92 Å². The quantitative estimate of drug-likeness (QED) is 0.850. The van der Waals surface area contributed by atoms with Crippen LogP contribution in [0.25, 0.3) is 10.9 Å². The molecule has 1 aliphatic rings. The lowest BCUT2D eigenvalue weighted by Crippen LogP contribution is -2.17. The summed E-state index contributed by atoms with van der Waals surface area (Å²) in [7, 11) is 2.01. The van der Waals surface area contributed by atoms with Crippen LogP contribution >= 0.6 is 0 Å². The summed E-state index contributed by atoms with van der Waals surface area (Å²) in [5, 5.41) is 4.66. The minimum absolute atomic E-state index is 0.910. The van der Waals surface area contributed by atoms with E-state index in [0.717, 1.165) is 12.5 Å². The zero-order valence-corrected chi connectivity index (χ0v) is 10.4. The summed E-state index contributed by atoms with van der Waals surface area (Å²) >= 11 is 0. The maximum absolute atomic E-state index is 3.26. The van der Waals surface area contributed by atoms with Crippen LogP contribution in [0.1, 0.15) is 24.8 Å². The van der Waals surface area contributed by atoms with Gasteiger partial charge in [-0.2, -0.15) is 0 Å². The Morgan fingerprint density at radius 1 is 1.29 bits per heavy atom. The molecule has 0 amide bonds. The number of nitrogens with one attached hydrogen (secondary N) is 1. The highest BCUT2D eigenvalue weighted by Crippen LogP contribution is 2.30. The number of hydrogen-bond acceptors (Lipinski definition) is 1. The first-order chi connectivity index (χ1) is 8.38. The lowest BCUT2D eigenvalue weighted by molar-refractivity contribution is 0.279. The normalized spacial score (nSPS) is 16.3. The molecule has 2 nitrogen and oxygen atoms in total. The van der Waals surface area contributed by atoms with Gasteiger partial charge in [-0.25, -0.2) is 0 Å². The molecule has 0 aliphatic heterocycles. The van der Waals surface area contributed by atoms with Crippen molar-refractivity contribution in [1.82, 2.24) is 9.88 Å². The summed E-state index contributed by atoms with van der Waals surface area (Å²) in [6.45, 7) is 2.16. The largest absolute Gasteiger partial charge is 0.347 e. The third-order valence-corrected chi connectivity index (χ3v) is 3.92. The van der Waals surface area contributed by atoms with Gasteiger partial charge in [0.25, 0.3) is 0 Å². The van der Waals surface area contributed by atoms with E-state index in [1.54, 1.807) is 0 Å². The van der Waals surface area contributed by atoms with Crippen LogP contribution in [0.3, 0.4) is 0 Å². The Labute approximate surface area is 103 Å². The minimum Gasteiger partial charge on any atom is -0.347 e. The average molecular weight is 228 g/mol. The number of benzene rings is 1. The fraction of sp³-hybridized carbons (Fsp3) is 0.467. The molecular weight excluding hydrogens is 208 g/mol. The van der Waals surface area contributed by atoms with Crippen molar-refractivity contribution >= 4 is 10.9 Å². The Morgan fingerprint density at radius 3 is 2.82 bits per heavy atom. The van der Waals surface area contributed by atoms with E-state index in [1.165, 1.54) is 42.3 Å². The molecule has 1 saturated carbocycles. The summed E-state index contributed by atoms with van der Waals surface area (Å²) in [5.74, 6) is 0.910. The van der Waals surface area contributed by atoms with Gasteiger partial charge in [-0.1, -0.05) is 24.6 Å². The second-order valence-electron chi connectivity index (χ2n) is 5.15. The van der Waals surface area contributed by atoms with E-state index in [9.17, 15) is 0 Å². The van der Waals surface area contributed by atoms with E-state index in [1.807, 2.05) is 7.05 Å². The summed E-state index contributed by atoms with van der Waals surface area (Å²) in [5.41, 5.74) is 2.81. The Bertz CT molecular complexity index is 509. The van der Waals surface area contributed by atoms with E-state index < -0.39 is 0 Å². The fourth-order valence-corrected chi connectivity index (χ4v) is 2.76. The van der Waals surface area contributed by atoms with Crippen molar-refractivity contribution in [2.45, 2.75) is 32.4 Å². The molecule has 90 valence electrons. The molecule has 0 spiro atoms. The molecule has 1 heterocycles. The zero-order chi connectivity index (χ0) is 11.7. The molecule has 1 N–H and O–H groups in total. The van der Waals surface area contributed by atoms with Gasteiger partial charge in [-0.05, 0) is 37.4 Å². The van der Waals surface area contributed by atoms with Crippen molar-refractivity contribution in [3.05, 3.63) is 36.0 Å². The van der Waals surface area contributed by atoms with Crippen LogP contribution in [-0.2, 0) is 13.1 Å². The minimum atomic E-state index is 0.910. The average Bonchev–Trinajstić information content (AvgIpc) is 2.64. The van der Waals surface area contributed by atoms with Gasteiger partial charge in [0, 0.05) is 30.2 Å². The first kappa shape index (κ1) is 10.8. The smallest absolute Gasteiger partial charge is 0.0483 e. The maximum Gasteiger partial charge on any atom is 0.0483 e. The van der Waals surface area contributed by atoms with Gasteiger partial charge in [0.15, 0.2) is 0 Å². The van der Waals surface area contributed by atoms with Crippen LogP contribution in [-0.4, -0.2) is 11.6 Å². The number of rotatable bonds is 4. The molecule has 3 rings (SSSR count). The number of fused-ring (bicyclic) bond motifs is 1. The third kappa shape index (κ3) is 1.98. The molecule has 17 heavy (non-hydrogen) atoms. The zero-order valence-electron chi connectivity index (χ0n) is 10.4. The van der Waals surface area contributed by atoms with Gasteiger partial charge >= 0.3 is 0 Å². The van der Waals surface area contributed by atoms with Crippen molar-refractivity contribution in [1.29, 1.82) is 0 Å². The van der Waals surface area contributed by atoms with Crippen LogP contribution in [0.4, 0.5) is 0 Å². The Morgan fingerprint density at radius 2 is 2.12 bits per heavy atom. The van der Waals surface area contributed by atoms with Gasteiger partial charge in [-0.15, -0.1) is 0 Å². The summed E-state index contributed by atoms with van der Waals surface area (Å²) in [6.07, 6.45) is 6.58. The van der Waals surface area contributed by atoms with Gasteiger partial charge in [0.05, 0.1) is 0 Å². The van der Waals surface area contributed by atoms with Crippen LogP contribution in [0.15, 0.2) is 30.5 Å². The molecule has 0 radical (unpaired) electrons. The molecule has 0 saturated heterocycles. The first-order valence-electron chi connectivity index (χ1n) is 6.60. The van der Waals surface area contributed by atoms with Crippen molar-refractivity contribution in [3.8, 4) is 0 Å². The number of para-hydroxylation sites is 1. The second kappa shape index (κ2) is 4.53. The fourth-order valence-electron chi connectivity index (χ4n) is 2.76. The topological polar surface area (TPSA) is 17.0 Å². The van der Waals surface area contributed by atoms with E-state index in [0.29, 0.717) is 0 Å². The monoisotopic (exact) mass is 228 g/mol. The third-order valence-electron chi connectivity index (χ3n) is 3.92. The van der Waals surface area contributed by atoms with Gasteiger partial charge in [-0.3, -0.25) is 0 Å². The predicted molar refractivity (Wildman–Crippen MR) is 72.0 cm³/mol. The molecule has 0 bridgehead atoms. The van der Waals surface area contributed by atoms with Crippen LogP contribution in [0.2, 0.25) is 0 Å². The molecule has 1 fully saturated rings. The number of nitrogens with zero attached hydrogens (tertiary/aromatic N) is 1. The molecule has 0 unspecified atom stereocenters. The molecule has 1 aliphatic carbocycles. The lowest BCUT2D eigenvalue weighted by atomic mass is 9.85. The highest BCUT2D eigenvalue weighted by molar-refractivity contribution is 5.83. The van der Waals surface area contributed by atoms with Crippen LogP contribution in [0.5, 0.6) is 0 Å². The van der Waals surface area contributed by atoms with Crippen molar-refractivity contribution in [2.75, 3.05) is 7.05 Å². The molecule has 2 aromatic rings. The predicted octanol–water partition coefficient (Wildman–Crippen LogP) is 3.16. The highest BCUT2D eigenvalue weighted by atomic mass is 15.0. The molecule has 1 aromatic carbocycles. The highest BCUT2D eigenvalue weighted by Gasteiger charge is 2.19. The maximum atomic E-state index is 3.26. The van der Waals surface area contributed by atoms with Crippen molar-refractivity contribution in [3.63, 3.8) is 0 Å². The molecular formula is C15H20N2. The Kier molecular flexibility index (Phi) is 2.89. The van der Waals surface area contributed by atoms with E-state index in [2.05, 4.69) is 40.3 Å². The Balaban J connectivity index is 1.98. The lowest BCUT2D eigenvalue weighted by Gasteiger charge is -2.26. The van der Waals surface area contributed by atoms with E-state index >= 15 is 0 Å². The number of hydrogen-bond donors (Lipinski definition) is 1. The van der Waals surface area contributed by atoms with Crippen molar-refractivity contribution in [2.24, 2.45) is 5.92 Å². The SMILES string of the molecule is CNCc1cn(CC2CCC2)c2ccccc12. The van der Waals surface area contributed by atoms with Crippen LogP contribution < -0.4 is 5.32 Å².